The van der Waals surface area contributed by atoms with Gasteiger partial charge in [0.25, 0.3) is 0 Å². The standard InChI is InChI=1S/2C14H13N2O.Fe.Zn/c2*1-11(12-6-2-3-7-12)16-15-10-13-8-4-5-9-14(13)17;;/h2*2-10,17H,1H3;;/q;;2*+2/p-2/b2*15-10+,16-11+;;. The molecule has 0 bridgehead atoms. The predicted molar refractivity (Wildman–Crippen MR) is 134 cm³/mol. The first kappa shape index (κ1) is 31.9. The average molecular weight is 570 g/mol. The molecule has 4 rings (SSSR count). The number of para-hydroxylation sites is 2. The molecule has 10 radical (unpaired) electrons. The van der Waals surface area contributed by atoms with Crippen molar-refractivity contribution in [1.82, 2.24) is 0 Å². The van der Waals surface area contributed by atoms with Crippen molar-refractivity contribution in [3.05, 3.63) is 123 Å². The zero-order valence-corrected chi connectivity index (χ0v) is 24.1. The van der Waals surface area contributed by atoms with Gasteiger partial charge in [0.15, 0.2) is 0 Å². The fraction of sp³-hybridized carbons (Fsp3) is 0.0714. The van der Waals surface area contributed by atoms with Crippen LogP contribution >= 0.6 is 0 Å². The van der Waals surface area contributed by atoms with Crippen LogP contribution in [0.5, 0.6) is 11.5 Å². The number of hydrogen-bond acceptors (Lipinski definition) is 6. The topological polar surface area (TPSA) is 95.6 Å². The molecule has 8 heteroatoms. The van der Waals surface area contributed by atoms with Crippen LogP contribution < -0.4 is 10.2 Å². The van der Waals surface area contributed by atoms with Crippen molar-refractivity contribution in [3.63, 3.8) is 0 Å². The first-order valence-corrected chi connectivity index (χ1v) is 10.7. The van der Waals surface area contributed by atoms with Crippen LogP contribution in [0.1, 0.15) is 25.0 Å². The second kappa shape index (κ2) is 17.3. The maximum Gasteiger partial charge on any atom is 2.00 e. The fourth-order valence-corrected chi connectivity index (χ4v) is 2.88. The Hall–Kier alpha value is -2.14. The van der Waals surface area contributed by atoms with E-state index in [0.717, 1.165) is 23.3 Å². The predicted octanol–water partition coefficient (Wildman–Crippen LogP) is 3.92. The molecule has 2 aliphatic rings. The Bertz CT molecular complexity index is 960. The molecule has 0 atom stereocenters. The Morgan fingerprint density at radius 3 is 1.28 bits per heavy atom. The van der Waals surface area contributed by atoms with Gasteiger partial charge in [-0.2, -0.15) is 20.4 Å². The molecule has 2 aliphatic carbocycles. The molecular formula is C28H24FeN4O2Zn+2. The quantitative estimate of drug-likeness (QED) is 0.300. The third-order valence-electron chi connectivity index (χ3n) is 4.81. The van der Waals surface area contributed by atoms with Gasteiger partial charge in [-0.3, -0.25) is 0 Å². The minimum atomic E-state index is -0.0441. The average Bonchev–Trinajstić information content (AvgIpc) is 3.57. The van der Waals surface area contributed by atoms with E-state index in [-0.39, 0.29) is 48.0 Å². The van der Waals surface area contributed by atoms with Crippen LogP contribution in [0.25, 0.3) is 0 Å². The summed E-state index contributed by atoms with van der Waals surface area (Å²) >= 11 is 0. The van der Waals surface area contributed by atoms with Gasteiger partial charge in [0, 0.05) is 23.3 Å². The van der Waals surface area contributed by atoms with Gasteiger partial charge < -0.3 is 10.2 Å². The summed E-state index contributed by atoms with van der Waals surface area (Å²) < 4.78 is 0. The summed E-state index contributed by atoms with van der Waals surface area (Å²) in [6.45, 7) is 3.77. The molecule has 0 N–H and O–H groups in total. The third kappa shape index (κ3) is 10.5. The zero-order chi connectivity index (χ0) is 24.2. The Balaban J connectivity index is 0.000000341. The molecule has 2 aromatic carbocycles. The molecule has 0 saturated heterocycles. The smallest absolute Gasteiger partial charge is 0.872 e. The van der Waals surface area contributed by atoms with Gasteiger partial charge in [-0.25, -0.2) is 0 Å². The summed E-state index contributed by atoms with van der Waals surface area (Å²) in [6, 6.07) is 13.5. The minimum Gasteiger partial charge on any atom is -0.872 e. The van der Waals surface area contributed by atoms with E-state index in [4.69, 9.17) is 0 Å². The van der Waals surface area contributed by atoms with E-state index in [9.17, 15) is 10.2 Å². The molecule has 36 heavy (non-hydrogen) atoms. The zero-order valence-electron chi connectivity index (χ0n) is 20.1. The van der Waals surface area contributed by atoms with Gasteiger partial charge in [0.1, 0.15) is 0 Å². The molecule has 0 spiro atoms. The second-order valence-corrected chi connectivity index (χ2v) is 7.28. The van der Waals surface area contributed by atoms with Crippen molar-refractivity contribution in [3.8, 4) is 11.5 Å². The summed E-state index contributed by atoms with van der Waals surface area (Å²) in [7, 11) is 0. The van der Waals surface area contributed by atoms with Crippen LogP contribution in [0.4, 0.5) is 0 Å². The van der Waals surface area contributed by atoms with Gasteiger partial charge in [-0.15, -0.1) is 0 Å². The third-order valence-corrected chi connectivity index (χ3v) is 4.81. The van der Waals surface area contributed by atoms with Gasteiger partial charge in [0.05, 0.1) is 12.4 Å². The normalized spacial score (nSPS) is 17.1. The molecule has 6 nitrogen and oxygen atoms in total. The SMILES string of the molecule is C/C(=N\N=C\c1ccccc1[O-])[C]1[CH][CH][CH][CH]1.C/C(=N\N=C\c1ccccc1[O-])[C]1[CH][CH][CH][CH]1.[Fe+2].[Zn+2]. The largest absolute Gasteiger partial charge is 2.00 e. The molecule has 0 amide bonds. The molecule has 2 saturated carbocycles. The number of rotatable bonds is 6. The van der Waals surface area contributed by atoms with Crippen molar-refractivity contribution >= 4 is 23.9 Å². The van der Waals surface area contributed by atoms with Crippen LogP contribution in [0.15, 0.2) is 68.9 Å². The van der Waals surface area contributed by atoms with Crippen molar-refractivity contribution in [1.29, 1.82) is 0 Å². The first-order valence-electron chi connectivity index (χ1n) is 10.7. The van der Waals surface area contributed by atoms with Crippen LogP contribution in [0.2, 0.25) is 0 Å². The summed E-state index contributed by atoms with van der Waals surface area (Å²) in [5, 5.41) is 38.7. The van der Waals surface area contributed by atoms with Gasteiger partial charge in [-0.05, 0) is 76.3 Å². The Labute approximate surface area is 238 Å². The van der Waals surface area contributed by atoms with E-state index < -0.39 is 0 Å². The van der Waals surface area contributed by atoms with E-state index in [1.54, 1.807) is 36.4 Å². The van der Waals surface area contributed by atoms with E-state index in [0.29, 0.717) is 11.1 Å². The van der Waals surface area contributed by atoms with E-state index in [2.05, 4.69) is 20.4 Å². The Kier molecular flexibility index (Phi) is 15.4. The van der Waals surface area contributed by atoms with Crippen LogP contribution in [-0.4, -0.2) is 23.9 Å². The molecule has 0 aromatic heterocycles. The summed E-state index contributed by atoms with van der Waals surface area (Å²) in [5.74, 6) is 1.99. The number of benzene rings is 2. The van der Waals surface area contributed by atoms with E-state index in [1.807, 2.05) is 65.2 Å². The summed E-state index contributed by atoms with van der Waals surface area (Å²) in [6.07, 6.45) is 18.6. The van der Waals surface area contributed by atoms with Crippen molar-refractivity contribution in [2.24, 2.45) is 20.4 Å². The summed E-state index contributed by atoms with van der Waals surface area (Å²) in [4.78, 5) is 0. The second-order valence-electron chi connectivity index (χ2n) is 7.28. The monoisotopic (exact) mass is 568 g/mol. The first-order chi connectivity index (χ1) is 16.5. The van der Waals surface area contributed by atoms with Crippen molar-refractivity contribution in [2.75, 3.05) is 0 Å². The summed E-state index contributed by atoms with van der Waals surface area (Å²) in [5.41, 5.74) is 2.75. The number of nitrogens with zero attached hydrogens (tertiary/aromatic N) is 4. The van der Waals surface area contributed by atoms with E-state index in [1.165, 1.54) is 24.6 Å². The van der Waals surface area contributed by atoms with Gasteiger partial charge in [-0.1, -0.05) is 60.0 Å². The van der Waals surface area contributed by atoms with Gasteiger partial charge >= 0.3 is 36.5 Å². The molecule has 176 valence electrons. The minimum absolute atomic E-state index is 0. The van der Waals surface area contributed by atoms with Crippen LogP contribution in [-0.2, 0) is 36.5 Å². The Morgan fingerprint density at radius 2 is 0.944 bits per heavy atom. The van der Waals surface area contributed by atoms with Gasteiger partial charge in [0.2, 0.25) is 0 Å². The van der Waals surface area contributed by atoms with E-state index >= 15 is 0 Å². The number of hydrogen-bond donors (Lipinski definition) is 0. The molecule has 2 fully saturated rings. The molecule has 2 aromatic rings. The van der Waals surface area contributed by atoms with Crippen molar-refractivity contribution in [2.45, 2.75) is 13.8 Å². The fourth-order valence-electron chi connectivity index (χ4n) is 2.88. The maximum absolute atomic E-state index is 11.4. The van der Waals surface area contributed by atoms with Crippen LogP contribution in [0, 0.1) is 63.2 Å². The molecule has 0 aliphatic heterocycles. The molecule has 0 heterocycles. The van der Waals surface area contributed by atoms with Crippen LogP contribution in [0.3, 0.4) is 0 Å². The maximum atomic E-state index is 11.4. The Morgan fingerprint density at radius 1 is 0.611 bits per heavy atom. The molecular weight excluding hydrogens is 546 g/mol. The molecule has 0 unspecified atom stereocenters. The van der Waals surface area contributed by atoms with Crippen molar-refractivity contribution < 1.29 is 46.8 Å².